The minimum Gasteiger partial charge on any atom is -0.389 e. The van der Waals surface area contributed by atoms with Gasteiger partial charge in [0.25, 0.3) is 11.5 Å². The number of aromatic nitrogens is 4. The number of pyridine rings is 1. The van der Waals surface area contributed by atoms with Crippen molar-refractivity contribution in [2.75, 3.05) is 13.2 Å². The molecule has 1 aliphatic heterocycles. The van der Waals surface area contributed by atoms with Gasteiger partial charge in [-0.1, -0.05) is 0 Å². The van der Waals surface area contributed by atoms with Gasteiger partial charge >= 0.3 is 5.69 Å². The molecular weight excluding hydrogens is 458 g/mol. The van der Waals surface area contributed by atoms with Gasteiger partial charge in [0.2, 0.25) is 0 Å². The Morgan fingerprint density at radius 2 is 2.15 bits per heavy atom. The van der Waals surface area contributed by atoms with Gasteiger partial charge in [-0.15, -0.1) is 11.3 Å². The van der Waals surface area contributed by atoms with E-state index in [9.17, 15) is 19.5 Å². The Morgan fingerprint density at radius 3 is 2.82 bits per heavy atom. The first-order valence-electron chi connectivity index (χ1n) is 11.0. The fourth-order valence-corrected chi connectivity index (χ4v) is 5.89. The highest BCUT2D eigenvalue weighted by atomic mass is 32.1. The third-order valence-electron chi connectivity index (χ3n) is 6.18. The maximum Gasteiger partial charge on any atom is 0.332 e. The van der Waals surface area contributed by atoms with Gasteiger partial charge in [0.15, 0.2) is 0 Å². The third kappa shape index (κ3) is 3.39. The molecule has 2 N–H and O–H groups in total. The maximum absolute atomic E-state index is 13.6. The van der Waals surface area contributed by atoms with Crippen LogP contribution in [0.2, 0.25) is 0 Å². The molecule has 0 aromatic carbocycles. The quantitative estimate of drug-likeness (QED) is 0.457. The van der Waals surface area contributed by atoms with Gasteiger partial charge in [-0.05, 0) is 38.5 Å². The van der Waals surface area contributed by atoms with Gasteiger partial charge in [0.1, 0.15) is 23.2 Å². The largest absolute Gasteiger partial charge is 0.389 e. The first-order chi connectivity index (χ1) is 16.2. The van der Waals surface area contributed by atoms with Crippen molar-refractivity contribution in [1.82, 2.24) is 24.2 Å². The lowest BCUT2D eigenvalue weighted by molar-refractivity contribution is -0.0778. The topological polar surface area (TPSA) is 122 Å². The molecule has 1 saturated heterocycles. The van der Waals surface area contributed by atoms with Crippen molar-refractivity contribution in [1.29, 1.82) is 0 Å². The van der Waals surface area contributed by atoms with E-state index in [-0.39, 0.29) is 30.1 Å². The lowest BCUT2D eigenvalue weighted by Crippen LogP contribution is -2.39. The zero-order valence-electron chi connectivity index (χ0n) is 19.3. The Bertz CT molecular complexity index is 1560. The SMILES string of the molecule is Cc1[nH]c2ncccc2c1Cc1sc2c(c1C(=O)N1CC(O)CO1)c(=O)n(C)c(=O)n2C(C)C. The number of hydroxylamine groups is 2. The minimum absolute atomic E-state index is 0.00504. The Hall–Kier alpha value is -3.28. The van der Waals surface area contributed by atoms with Crippen molar-refractivity contribution in [3.8, 4) is 0 Å². The second-order valence-corrected chi connectivity index (χ2v) is 9.90. The van der Waals surface area contributed by atoms with Crippen LogP contribution in [0.1, 0.15) is 46.4 Å². The zero-order valence-corrected chi connectivity index (χ0v) is 20.1. The first-order valence-corrected chi connectivity index (χ1v) is 11.8. The normalized spacial score (nSPS) is 16.4. The third-order valence-corrected chi connectivity index (χ3v) is 7.37. The average molecular weight is 484 g/mol. The van der Waals surface area contributed by atoms with E-state index >= 15 is 0 Å². The number of thiophene rings is 1. The van der Waals surface area contributed by atoms with E-state index in [1.165, 1.54) is 18.4 Å². The number of nitrogens with one attached hydrogen (secondary N) is 1. The number of aryl methyl sites for hydroxylation is 1. The van der Waals surface area contributed by atoms with Gasteiger partial charge < -0.3 is 10.1 Å². The number of aliphatic hydroxyl groups is 1. The van der Waals surface area contributed by atoms with E-state index in [2.05, 4.69) is 9.97 Å². The minimum atomic E-state index is -0.795. The molecule has 10 nitrogen and oxygen atoms in total. The highest BCUT2D eigenvalue weighted by Crippen LogP contribution is 2.35. The number of hydrogen-bond donors (Lipinski definition) is 2. The van der Waals surface area contributed by atoms with Gasteiger partial charge in [-0.25, -0.2) is 14.8 Å². The van der Waals surface area contributed by atoms with Crippen LogP contribution in [0, 0.1) is 6.92 Å². The van der Waals surface area contributed by atoms with Crippen LogP contribution in [-0.2, 0) is 18.3 Å². The predicted molar refractivity (Wildman–Crippen MR) is 128 cm³/mol. The number of aliphatic hydroxyl groups excluding tert-OH is 1. The molecule has 1 aliphatic rings. The molecule has 34 heavy (non-hydrogen) atoms. The molecule has 178 valence electrons. The number of H-pyrrole nitrogens is 1. The van der Waals surface area contributed by atoms with E-state index in [1.54, 1.807) is 10.8 Å². The van der Waals surface area contributed by atoms with Crippen molar-refractivity contribution in [3.63, 3.8) is 0 Å². The number of hydrogen-bond acceptors (Lipinski definition) is 7. The van der Waals surface area contributed by atoms with Crippen LogP contribution >= 0.6 is 11.3 Å². The van der Waals surface area contributed by atoms with Crippen LogP contribution in [0.5, 0.6) is 0 Å². The van der Waals surface area contributed by atoms with Gasteiger partial charge in [-0.2, -0.15) is 0 Å². The lowest BCUT2D eigenvalue weighted by atomic mass is 10.0. The first kappa shape index (κ1) is 22.5. The second-order valence-electron chi connectivity index (χ2n) is 8.81. The fraction of sp³-hybridized carbons (Fsp3) is 0.391. The smallest absolute Gasteiger partial charge is 0.332 e. The second kappa shape index (κ2) is 8.19. The van der Waals surface area contributed by atoms with E-state index in [0.29, 0.717) is 16.1 Å². The molecule has 1 fully saturated rings. The molecule has 0 saturated carbocycles. The predicted octanol–water partition coefficient (Wildman–Crippen LogP) is 1.87. The molecule has 1 amide bonds. The molecule has 11 heteroatoms. The number of nitrogens with zero attached hydrogens (tertiary/aromatic N) is 4. The molecule has 5 rings (SSSR count). The van der Waals surface area contributed by atoms with E-state index < -0.39 is 23.3 Å². The number of fused-ring (bicyclic) bond motifs is 2. The Balaban J connectivity index is 1.80. The Morgan fingerprint density at radius 1 is 1.38 bits per heavy atom. The molecule has 1 atom stereocenters. The molecule has 4 aromatic rings. The van der Waals surface area contributed by atoms with Crippen molar-refractivity contribution < 1.29 is 14.7 Å². The number of β-amino-alcohol motifs (C(OH)–C–C–N with tert-alkyl or cyclic N) is 1. The number of carbonyl (C=O) groups excluding carboxylic acids is 1. The van der Waals surface area contributed by atoms with Gasteiger partial charge in [0.05, 0.1) is 17.5 Å². The van der Waals surface area contributed by atoms with Crippen LogP contribution in [0.3, 0.4) is 0 Å². The lowest BCUT2D eigenvalue weighted by Gasteiger charge is -2.15. The van der Waals surface area contributed by atoms with Crippen LogP contribution < -0.4 is 11.2 Å². The maximum atomic E-state index is 13.6. The van der Waals surface area contributed by atoms with Crippen LogP contribution in [-0.4, -0.2) is 54.4 Å². The van der Waals surface area contributed by atoms with Crippen molar-refractivity contribution >= 4 is 38.5 Å². The molecular formula is C23H25N5O5S. The van der Waals surface area contributed by atoms with E-state index in [4.69, 9.17) is 4.84 Å². The van der Waals surface area contributed by atoms with E-state index in [0.717, 1.165) is 31.9 Å². The molecule has 0 spiro atoms. The van der Waals surface area contributed by atoms with Crippen molar-refractivity contribution in [2.24, 2.45) is 7.05 Å². The summed E-state index contributed by atoms with van der Waals surface area (Å²) in [6, 6.07) is 3.58. The van der Waals surface area contributed by atoms with Crippen LogP contribution in [0.25, 0.3) is 21.3 Å². The fourth-order valence-electron chi connectivity index (χ4n) is 4.47. The molecule has 1 unspecified atom stereocenters. The molecule has 0 aliphatic carbocycles. The summed E-state index contributed by atoms with van der Waals surface area (Å²) in [6.45, 7) is 5.68. The number of rotatable bonds is 4. The average Bonchev–Trinajstić information content (AvgIpc) is 3.47. The van der Waals surface area contributed by atoms with Crippen LogP contribution in [0.15, 0.2) is 27.9 Å². The summed E-state index contributed by atoms with van der Waals surface area (Å²) in [5.41, 5.74) is 1.86. The van der Waals surface area contributed by atoms with Gasteiger partial charge in [-0.3, -0.25) is 23.6 Å². The number of carbonyl (C=O) groups is 1. The van der Waals surface area contributed by atoms with Crippen LogP contribution in [0.4, 0.5) is 0 Å². The number of aromatic amines is 1. The summed E-state index contributed by atoms with van der Waals surface area (Å²) in [7, 11) is 1.42. The summed E-state index contributed by atoms with van der Waals surface area (Å²) >= 11 is 1.27. The Kier molecular flexibility index (Phi) is 5.42. The highest BCUT2D eigenvalue weighted by Gasteiger charge is 2.33. The summed E-state index contributed by atoms with van der Waals surface area (Å²) in [4.78, 5) is 54.0. The van der Waals surface area contributed by atoms with Crippen molar-refractivity contribution in [2.45, 2.75) is 39.3 Å². The molecule has 0 radical (unpaired) electrons. The Labute approximate surface area is 198 Å². The summed E-state index contributed by atoms with van der Waals surface area (Å²) in [5, 5.41) is 12.1. The monoisotopic (exact) mass is 483 g/mol. The van der Waals surface area contributed by atoms with E-state index in [1.807, 2.05) is 32.9 Å². The van der Waals surface area contributed by atoms with Crippen molar-refractivity contribution in [3.05, 3.63) is 60.9 Å². The zero-order chi connectivity index (χ0) is 24.3. The summed E-state index contributed by atoms with van der Waals surface area (Å²) in [6.07, 6.45) is 1.28. The standard InChI is InChI=1S/C23H25N5O5S/c1-11(2)28-22-18(20(30)26(4)23(28)32)17(21(31)27-9-13(29)10-33-27)16(34-22)8-15-12(3)25-19-14(15)6-5-7-24-19/h5-7,11,13,29H,8-10H2,1-4H3,(H,24,25). The summed E-state index contributed by atoms with van der Waals surface area (Å²) < 4.78 is 2.58. The number of amides is 1. The molecule has 0 bridgehead atoms. The molecule has 4 aromatic heterocycles. The highest BCUT2D eigenvalue weighted by molar-refractivity contribution is 7.19. The van der Waals surface area contributed by atoms with Gasteiger partial charge in [0, 0.05) is 41.7 Å². The summed E-state index contributed by atoms with van der Waals surface area (Å²) in [5.74, 6) is -0.500. The molecule has 5 heterocycles.